The highest BCUT2D eigenvalue weighted by atomic mass is 79.9. The monoisotopic (exact) mass is 365 g/mol. The predicted octanol–water partition coefficient (Wildman–Crippen LogP) is 5.25. The summed E-state index contributed by atoms with van der Waals surface area (Å²) in [7, 11) is 0. The number of nitrogens with one attached hydrogen (secondary N) is 1. The molecule has 2 aromatic rings. The highest BCUT2D eigenvalue weighted by Crippen LogP contribution is 2.20. The Bertz CT molecular complexity index is 609. The molecule has 0 spiro atoms. The molecule has 0 bridgehead atoms. The Morgan fingerprint density at radius 1 is 1.23 bits per heavy atom. The highest BCUT2D eigenvalue weighted by molar-refractivity contribution is 9.10. The zero-order valence-electron chi connectivity index (χ0n) is 12.6. The van der Waals surface area contributed by atoms with Gasteiger partial charge in [-0.05, 0) is 46.6 Å². The first-order valence-electron chi connectivity index (χ1n) is 7.48. The number of ether oxygens (including phenoxy) is 1. The van der Waals surface area contributed by atoms with Crippen LogP contribution in [0.1, 0.15) is 43.2 Å². The van der Waals surface area contributed by atoms with Crippen LogP contribution in [0.2, 0.25) is 0 Å². The van der Waals surface area contributed by atoms with E-state index in [1.54, 1.807) is 12.1 Å². The van der Waals surface area contributed by atoms with Crippen molar-refractivity contribution in [2.24, 2.45) is 0 Å². The van der Waals surface area contributed by atoms with Gasteiger partial charge in [0.25, 0.3) is 5.91 Å². The van der Waals surface area contributed by atoms with Gasteiger partial charge in [0.05, 0.1) is 6.61 Å². The topological polar surface area (TPSA) is 51.5 Å². The lowest BCUT2D eigenvalue weighted by Crippen LogP contribution is -2.10. The molecule has 0 unspecified atom stereocenters. The van der Waals surface area contributed by atoms with E-state index in [1.807, 2.05) is 24.3 Å². The first kappa shape index (κ1) is 16.6. The summed E-state index contributed by atoms with van der Waals surface area (Å²) in [5.74, 6) is 0.735. The van der Waals surface area contributed by atoms with E-state index in [0.717, 1.165) is 12.2 Å². The van der Waals surface area contributed by atoms with Crippen molar-refractivity contribution >= 4 is 27.5 Å². The van der Waals surface area contributed by atoms with Crippen molar-refractivity contribution < 1.29 is 13.9 Å². The van der Waals surface area contributed by atoms with E-state index in [0.29, 0.717) is 17.0 Å². The quantitative estimate of drug-likeness (QED) is 0.649. The number of halogens is 1. The molecule has 0 fully saturated rings. The fraction of sp³-hybridized carbons (Fsp3) is 0.353. The number of carbonyl (C=O) groups excluding carboxylic acids is 1. The molecule has 118 valence electrons. The van der Waals surface area contributed by atoms with Gasteiger partial charge in [0.15, 0.2) is 10.4 Å². The van der Waals surface area contributed by atoms with Gasteiger partial charge in [0, 0.05) is 11.8 Å². The Hall–Kier alpha value is -1.75. The van der Waals surface area contributed by atoms with E-state index in [2.05, 4.69) is 28.2 Å². The molecule has 0 saturated carbocycles. The van der Waals surface area contributed by atoms with E-state index < -0.39 is 0 Å². The summed E-state index contributed by atoms with van der Waals surface area (Å²) in [5.41, 5.74) is 0.684. The SMILES string of the molecule is CCCCCCOc1cccc(NC(=O)c2ccc(Br)o2)c1. The molecule has 22 heavy (non-hydrogen) atoms. The maximum Gasteiger partial charge on any atom is 0.291 e. The summed E-state index contributed by atoms with van der Waals surface area (Å²) < 4.78 is 11.5. The van der Waals surface area contributed by atoms with Gasteiger partial charge in [-0.3, -0.25) is 4.79 Å². The van der Waals surface area contributed by atoms with Crippen molar-refractivity contribution in [2.75, 3.05) is 11.9 Å². The van der Waals surface area contributed by atoms with Crippen LogP contribution < -0.4 is 10.1 Å². The van der Waals surface area contributed by atoms with Gasteiger partial charge in [0.1, 0.15) is 5.75 Å². The van der Waals surface area contributed by atoms with Crippen molar-refractivity contribution in [3.63, 3.8) is 0 Å². The first-order valence-corrected chi connectivity index (χ1v) is 8.28. The normalized spacial score (nSPS) is 10.5. The summed E-state index contributed by atoms with van der Waals surface area (Å²) in [6, 6.07) is 10.7. The Labute approximate surface area is 139 Å². The van der Waals surface area contributed by atoms with Crippen molar-refractivity contribution in [2.45, 2.75) is 32.6 Å². The van der Waals surface area contributed by atoms with Crippen LogP contribution in [0.25, 0.3) is 0 Å². The minimum Gasteiger partial charge on any atom is -0.494 e. The Morgan fingerprint density at radius 3 is 2.82 bits per heavy atom. The zero-order valence-corrected chi connectivity index (χ0v) is 14.2. The molecule has 0 atom stereocenters. The molecule has 0 aliphatic carbocycles. The number of unbranched alkanes of at least 4 members (excludes halogenated alkanes) is 3. The molecule has 1 aromatic carbocycles. The molecule has 0 radical (unpaired) electrons. The molecule has 1 amide bonds. The second-order valence-corrected chi connectivity index (χ2v) is 5.78. The smallest absolute Gasteiger partial charge is 0.291 e. The molecule has 0 saturated heterocycles. The second kappa shape index (κ2) is 8.63. The Kier molecular flexibility index (Phi) is 6.52. The summed E-state index contributed by atoms with van der Waals surface area (Å²) in [6.07, 6.45) is 4.67. The average molecular weight is 366 g/mol. The lowest BCUT2D eigenvalue weighted by Gasteiger charge is -2.08. The Balaban J connectivity index is 1.87. The minimum absolute atomic E-state index is 0.262. The molecule has 0 aliphatic rings. The van der Waals surface area contributed by atoms with Gasteiger partial charge in [-0.2, -0.15) is 0 Å². The van der Waals surface area contributed by atoms with Crippen LogP contribution in [0.3, 0.4) is 0 Å². The number of hydrogen-bond acceptors (Lipinski definition) is 3. The van der Waals surface area contributed by atoms with Crippen molar-refractivity contribution in [3.8, 4) is 5.75 Å². The van der Waals surface area contributed by atoms with Crippen LogP contribution in [0, 0.1) is 0 Å². The lowest BCUT2D eigenvalue weighted by molar-refractivity contribution is 0.0995. The van der Waals surface area contributed by atoms with Crippen molar-refractivity contribution in [1.29, 1.82) is 0 Å². The zero-order chi connectivity index (χ0) is 15.8. The van der Waals surface area contributed by atoms with Crippen LogP contribution in [-0.4, -0.2) is 12.5 Å². The predicted molar refractivity (Wildman–Crippen MR) is 90.4 cm³/mol. The maximum atomic E-state index is 12.0. The third-order valence-electron chi connectivity index (χ3n) is 3.16. The Morgan fingerprint density at radius 2 is 2.09 bits per heavy atom. The van der Waals surface area contributed by atoms with Crippen molar-refractivity contribution in [3.05, 3.63) is 46.8 Å². The molecular formula is C17H20BrNO3. The van der Waals surface area contributed by atoms with Crippen molar-refractivity contribution in [1.82, 2.24) is 0 Å². The van der Waals surface area contributed by atoms with E-state index >= 15 is 0 Å². The lowest BCUT2D eigenvalue weighted by atomic mass is 10.2. The van der Waals surface area contributed by atoms with Gasteiger partial charge in [-0.25, -0.2) is 0 Å². The minimum atomic E-state index is -0.286. The molecule has 1 heterocycles. The third kappa shape index (κ3) is 5.22. The molecular weight excluding hydrogens is 346 g/mol. The molecule has 1 N–H and O–H groups in total. The fourth-order valence-corrected chi connectivity index (χ4v) is 2.32. The first-order chi connectivity index (χ1) is 10.7. The van der Waals surface area contributed by atoms with E-state index in [4.69, 9.17) is 9.15 Å². The number of hydrogen-bond donors (Lipinski definition) is 1. The van der Waals surface area contributed by atoms with Gasteiger partial charge in [-0.15, -0.1) is 0 Å². The number of carbonyl (C=O) groups is 1. The molecule has 0 aliphatic heterocycles. The maximum absolute atomic E-state index is 12.0. The standard InChI is InChI=1S/C17H20BrNO3/c1-2-3-4-5-11-21-14-8-6-7-13(12-14)19-17(20)15-9-10-16(18)22-15/h6-10,12H,2-5,11H2,1H3,(H,19,20). The number of anilines is 1. The van der Waals surface area contributed by atoms with Crippen LogP contribution in [0.15, 0.2) is 45.5 Å². The number of rotatable bonds is 8. The third-order valence-corrected chi connectivity index (χ3v) is 3.58. The van der Waals surface area contributed by atoms with Crippen LogP contribution in [0.4, 0.5) is 5.69 Å². The number of benzene rings is 1. The largest absolute Gasteiger partial charge is 0.494 e. The summed E-state index contributed by atoms with van der Waals surface area (Å²) in [4.78, 5) is 12.0. The van der Waals surface area contributed by atoms with E-state index in [-0.39, 0.29) is 11.7 Å². The molecule has 2 rings (SSSR count). The molecule has 1 aromatic heterocycles. The number of furan rings is 1. The van der Waals surface area contributed by atoms with E-state index in [1.165, 1.54) is 19.3 Å². The van der Waals surface area contributed by atoms with Gasteiger partial charge >= 0.3 is 0 Å². The summed E-state index contributed by atoms with van der Waals surface area (Å²) >= 11 is 3.18. The van der Waals surface area contributed by atoms with Crippen LogP contribution in [-0.2, 0) is 0 Å². The summed E-state index contributed by atoms with van der Waals surface area (Å²) in [5, 5.41) is 2.79. The second-order valence-electron chi connectivity index (χ2n) is 4.99. The van der Waals surface area contributed by atoms with Gasteiger partial charge < -0.3 is 14.5 Å². The molecule has 4 nitrogen and oxygen atoms in total. The van der Waals surface area contributed by atoms with Gasteiger partial charge in [0.2, 0.25) is 0 Å². The highest BCUT2D eigenvalue weighted by Gasteiger charge is 2.10. The van der Waals surface area contributed by atoms with E-state index in [9.17, 15) is 4.79 Å². The van der Waals surface area contributed by atoms with Crippen LogP contribution >= 0.6 is 15.9 Å². The summed E-state index contributed by atoms with van der Waals surface area (Å²) in [6.45, 7) is 2.88. The van der Waals surface area contributed by atoms with Crippen LogP contribution in [0.5, 0.6) is 5.75 Å². The average Bonchev–Trinajstić information content (AvgIpc) is 2.94. The molecule has 5 heteroatoms. The van der Waals surface area contributed by atoms with Gasteiger partial charge in [-0.1, -0.05) is 32.3 Å². The fourth-order valence-electron chi connectivity index (χ4n) is 2.01. The number of amides is 1.